The second-order valence-electron chi connectivity index (χ2n) is 5.90. The molecular formula is C15H23ClN2O3S. The quantitative estimate of drug-likeness (QED) is 0.902. The minimum Gasteiger partial charge on any atom is -0.336 e. The molecule has 1 heterocycles. The van der Waals surface area contributed by atoms with Crippen molar-refractivity contribution in [3.63, 3.8) is 0 Å². The van der Waals surface area contributed by atoms with Crippen molar-refractivity contribution >= 4 is 28.2 Å². The molecule has 5 nitrogen and oxygen atoms in total. The van der Waals surface area contributed by atoms with Crippen molar-refractivity contribution in [2.24, 2.45) is 11.7 Å². The molecule has 2 unspecified atom stereocenters. The maximum absolute atomic E-state index is 12.6. The number of sulfone groups is 1. The standard InChI is InChI=1S/C15H22N2O3S.ClH/c1-10-4-5-13(7-14(10)21(3,19)20)15(18)17-9-12(8-16)6-11(17)2;/h4-5,7,11-12H,6,8-9,16H2,1-3H3;1H. The lowest BCUT2D eigenvalue weighted by molar-refractivity contribution is 0.0743. The summed E-state index contributed by atoms with van der Waals surface area (Å²) in [5.74, 6) is 0.201. The van der Waals surface area contributed by atoms with Crippen LogP contribution in [-0.2, 0) is 9.84 Å². The maximum atomic E-state index is 12.6. The van der Waals surface area contributed by atoms with Gasteiger partial charge in [0, 0.05) is 24.4 Å². The van der Waals surface area contributed by atoms with Crippen LogP contribution in [0.25, 0.3) is 0 Å². The summed E-state index contributed by atoms with van der Waals surface area (Å²) >= 11 is 0. The molecule has 1 aliphatic rings. The van der Waals surface area contributed by atoms with E-state index < -0.39 is 9.84 Å². The number of nitrogens with two attached hydrogens (primary N) is 1. The number of hydrogen-bond donors (Lipinski definition) is 1. The molecule has 0 bridgehead atoms. The van der Waals surface area contributed by atoms with Crippen molar-refractivity contribution in [1.82, 2.24) is 4.90 Å². The summed E-state index contributed by atoms with van der Waals surface area (Å²) in [5.41, 5.74) is 6.76. The van der Waals surface area contributed by atoms with E-state index in [0.29, 0.717) is 30.1 Å². The summed E-state index contributed by atoms with van der Waals surface area (Å²) in [4.78, 5) is 14.6. The van der Waals surface area contributed by atoms with Crippen LogP contribution in [0, 0.1) is 12.8 Å². The van der Waals surface area contributed by atoms with E-state index >= 15 is 0 Å². The van der Waals surface area contributed by atoms with Crippen LogP contribution in [0.2, 0.25) is 0 Å². The number of carbonyl (C=O) groups is 1. The Kier molecular flexibility index (Phi) is 6.01. The molecule has 0 saturated carbocycles. The van der Waals surface area contributed by atoms with E-state index in [1.807, 2.05) is 6.92 Å². The molecule has 1 aromatic rings. The highest BCUT2D eigenvalue weighted by Gasteiger charge is 2.32. The first-order valence-electron chi connectivity index (χ1n) is 7.05. The molecule has 0 spiro atoms. The van der Waals surface area contributed by atoms with Crippen LogP contribution in [0.5, 0.6) is 0 Å². The van der Waals surface area contributed by atoms with Gasteiger partial charge in [-0.3, -0.25) is 4.79 Å². The molecule has 1 aliphatic heterocycles. The molecule has 2 atom stereocenters. The fourth-order valence-electron chi connectivity index (χ4n) is 2.89. The van der Waals surface area contributed by atoms with Crippen LogP contribution in [0.15, 0.2) is 23.1 Å². The number of halogens is 1. The normalized spacial score (nSPS) is 21.5. The largest absolute Gasteiger partial charge is 0.336 e. The molecule has 1 aromatic carbocycles. The number of aryl methyl sites for hydroxylation is 1. The number of hydrogen-bond acceptors (Lipinski definition) is 4. The molecule has 1 saturated heterocycles. The fraction of sp³-hybridized carbons (Fsp3) is 0.533. The van der Waals surface area contributed by atoms with Gasteiger partial charge in [-0.1, -0.05) is 6.07 Å². The van der Waals surface area contributed by atoms with E-state index in [1.54, 1.807) is 24.0 Å². The Morgan fingerprint density at radius 1 is 1.41 bits per heavy atom. The summed E-state index contributed by atoms with van der Waals surface area (Å²) in [7, 11) is -3.33. The molecule has 1 fully saturated rings. The van der Waals surface area contributed by atoms with Gasteiger partial charge in [-0.15, -0.1) is 12.4 Å². The van der Waals surface area contributed by atoms with Crippen LogP contribution in [-0.4, -0.2) is 44.6 Å². The zero-order chi connectivity index (χ0) is 15.8. The number of carbonyl (C=O) groups excluding carboxylic acids is 1. The van der Waals surface area contributed by atoms with Gasteiger partial charge in [0.25, 0.3) is 5.91 Å². The number of rotatable bonds is 3. The van der Waals surface area contributed by atoms with Gasteiger partial charge in [0.15, 0.2) is 9.84 Å². The van der Waals surface area contributed by atoms with Crippen molar-refractivity contribution in [2.45, 2.75) is 31.2 Å². The van der Waals surface area contributed by atoms with Crippen molar-refractivity contribution in [3.8, 4) is 0 Å². The van der Waals surface area contributed by atoms with Crippen molar-refractivity contribution < 1.29 is 13.2 Å². The van der Waals surface area contributed by atoms with E-state index in [4.69, 9.17) is 5.73 Å². The number of amides is 1. The molecule has 0 aliphatic carbocycles. The summed E-state index contributed by atoms with van der Waals surface area (Å²) in [5, 5.41) is 0. The highest BCUT2D eigenvalue weighted by Crippen LogP contribution is 2.25. The average molecular weight is 347 g/mol. The fourth-order valence-corrected chi connectivity index (χ4v) is 3.89. The second kappa shape index (κ2) is 6.98. The van der Waals surface area contributed by atoms with Gasteiger partial charge >= 0.3 is 0 Å². The summed E-state index contributed by atoms with van der Waals surface area (Å²) in [6, 6.07) is 4.99. The number of likely N-dealkylation sites (tertiary alicyclic amines) is 1. The predicted molar refractivity (Wildman–Crippen MR) is 89.2 cm³/mol. The molecule has 7 heteroatoms. The van der Waals surface area contributed by atoms with Crippen molar-refractivity contribution in [3.05, 3.63) is 29.3 Å². The van der Waals surface area contributed by atoms with Crippen LogP contribution in [0.4, 0.5) is 0 Å². The monoisotopic (exact) mass is 346 g/mol. The first-order valence-corrected chi connectivity index (χ1v) is 8.95. The minimum atomic E-state index is -3.33. The highest BCUT2D eigenvalue weighted by molar-refractivity contribution is 7.90. The average Bonchev–Trinajstić information content (AvgIpc) is 2.78. The van der Waals surface area contributed by atoms with Crippen LogP contribution >= 0.6 is 12.4 Å². The van der Waals surface area contributed by atoms with Crippen molar-refractivity contribution in [2.75, 3.05) is 19.3 Å². The Hall–Kier alpha value is -1.11. The zero-order valence-corrected chi connectivity index (χ0v) is 14.7. The van der Waals surface area contributed by atoms with E-state index in [2.05, 4.69) is 0 Å². The summed E-state index contributed by atoms with van der Waals surface area (Å²) in [6.07, 6.45) is 2.06. The van der Waals surface area contributed by atoms with E-state index in [1.165, 1.54) is 6.07 Å². The molecule has 0 radical (unpaired) electrons. The van der Waals surface area contributed by atoms with E-state index in [9.17, 15) is 13.2 Å². The van der Waals surface area contributed by atoms with Gasteiger partial charge in [0.05, 0.1) is 4.90 Å². The van der Waals surface area contributed by atoms with E-state index in [-0.39, 0.29) is 29.3 Å². The Bertz CT molecular complexity index is 661. The Morgan fingerprint density at radius 3 is 2.55 bits per heavy atom. The third-order valence-corrected chi connectivity index (χ3v) is 5.33. The molecule has 2 N–H and O–H groups in total. The lowest BCUT2D eigenvalue weighted by Crippen LogP contribution is -2.34. The lowest BCUT2D eigenvalue weighted by atomic mass is 10.1. The number of nitrogens with zero attached hydrogens (tertiary/aromatic N) is 1. The molecule has 124 valence electrons. The topological polar surface area (TPSA) is 80.5 Å². The highest BCUT2D eigenvalue weighted by atomic mass is 35.5. The molecule has 2 rings (SSSR count). The summed E-state index contributed by atoms with van der Waals surface area (Å²) < 4.78 is 23.5. The van der Waals surface area contributed by atoms with Gasteiger partial charge in [-0.05, 0) is 50.4 Å². The van der Waals surface area contributed by atoms with Crippen LogP contribution in [0.1, 0.15) is 29.3 Å². The molecular weight excluding hydrogens is 324 g/mol. The first kappa shape index (κ1) is 18.9. The predicted octanol–water partition coefficient (Wildman–Crippen LogP) is 1.63. The SMILES string of the molecule is Cc1ccc(C(=O)N2CC(CN)CC2C)cc1S(C)(=O)=O.Cl. The van der Waals surface area contributed by atoms with Crippen molar-refractivity contribution in [1.29, 1.82) is 0 Å². The minimum absolute atomic E-state index is 0. The number of benzene rings is 1. The summed E-state index contributed by atoms with van der Waals surface area (Å²) in [6.45, 7) is 4.93. The van der Waals surface area contributed by atoms with Gasteiger partial charge in [0.1, 0.15) is 0 Å². The molecule has 1 amide bonds. The van der Waals surface area contributed by atoms with Gasteiger partial charge < -0.3 is 10.6 Å². The van der Waals surface area contributed by atoms with Gasteiger partial charge in [-0.25, -0.2) is 8.42 Å². The molecule has 0 aromatic heterocycles. The van der Waals surface area contributed by atoms with Crippen LogP contribution in [0.3, 0.4) is 0 Å². The lowest BCUT2D eigenvalue weighted by Gasteiger charge is -2.22. The first-order chi connectivity index (χ1) is 9.74. The zero-order valence-electron chi connectivity index (χ0n) is 13.1. The molecule has 22 heavy (non-hydrogen) atoms. The Morgan fingerprint density at radius 2 is 2.05 bits per heavy atom. The Balaban J connectivity index is 0.00000242. The third kappa shape index (κ3) is 3.80. The van der Waals surface area contributed by atoms with E-state index in [0.717, 1.165) is 12.7 Å². The Labute approximate surface area is 138 Å². The second-order valence-corrected chi connectivity index (χ2v) is 7.88. The van der Waals surface area contributed by atoms with Gasteiger partial charge in [0.2, 0.25) is 0 Å². The maximum Gasteiger partial charge on any atom is 0.254 e. The van der Waals surface area contributed by atoms with Gasteiger partial charge in [-0.2, -0.15) is 0 Å². The van der Waals surface area contributed by atoms with Crippen LogP contribution < -0.4 is 5.73 Å². The smallest absolute Gasteiger partial charge is 0.254 e. The third-order valence-electron chi connectivity index (χ3n) is 4.09.